The highest BCUT2D eigenvalue weighted by Gasteiger charge is 1.95. The summed E-state index contributed by atoms with van der Waals surface area (Å²) in [6.45, 7) is 13.1. The summed E-state index contributed by atoms with van der Waals surface area (Å²) in [7, 11) is 0. The van der Waals surface area contributed by atoms with Crippen LogP contribution in [0.1, 0.15) is 59.8 Å². The van der Waals surface area contributed by atoms with Gasteiger partial charge in [-0.2, -0.15) is 0 Å². The van der Waals surface area contributed by atoms with E-state index in [2.05, 4.69) is 33.0 Å². The van der Waals surface area contributed by atoms with Crippen LogP contribution in [0.4, 0.5) is 0 Å². The standard InChI is InChI=1S/C15H33NO/c1-14(2)9-6-5-7-11-17-12-8-10-16-13-15(3)4/h14-16H,5-13H2,1-4H3. The van der Waals surface area contributed by atoms with Crippen molar-refractivity contribution in [1.82, 2.24) is 5.32 Å². The van der Waals surface area contributed by atoms with Gasteiger partial charge >= 0.3 is 0 Å². The highest BCUT2D eigenvalue weighted by Crippen LogP contribution is 2.07. The van der Waals surface area contributed by atoms with Crippen LogP contribution < -0.4 is 5.32 Å². The van der Waals surface area contributed by atoms with E-state index in [4.69, 9.17) is 4.74 Å². The van der Waals surface area contributed by atoms with Crippen LogP contribution in [-0.2, 0) is 4.74 Å². The summed E-state index contributed by atoms with van der Waals surface area (Å²) < 4.78 is 5.61. The van der Waals surface area contributed by atoms with E-state index in [0.717, 1.165) is 44.6 Å². The predicted molar refractivity (Wildman–Crippen MR) is 76.4 cm³/mol. The second kappa shape index (κ2) is 12.4. The quantitative estimate of drug-likeness (QED) is 0.526. The Kier molecular flexibility index (Phi) is 12.3. The predicted octanol–water partition coefficient (Wildman–Crippen LogP) is 3.86. The fourth-order valence-electron chi connectivity index (χ4n) is 1.73. The molecule has 0 amide bonds. The maximum atomic E-state index is 5.61. The van der Waals surface area contributed by atoms with Gasteiger partial charge in [-0.25, -0.2) is 0 Å². The first-order valence-corrected chi connectivity index (χ1v) is 7.41. The van der Waals surface area contributed by atoms with E-state index in [9.17, 15) is 0 Å². The molecule has 0 aliphatic rings. The van der Waals surface area contributed by atoms with Crippen molar-refractivity contribution in [3.63, 3.8) is 0 Å². The molecule has 0 saturated carbocycles. The van der Waals surface area contributed by atoms with Crippen LogP contribution in [0.5, 0.6) is 0 Å². The maximum Gasteiger partial charge on any atom is 0.0478 e. The minimum Gasteiger partial charge on any atom is -0.381 e. The molecule has 104 valence electrons. The van der Waals surface area contributed by atoms with Gasteiger partial charge in [0.05, 0.1) is 0 Å². The maximum absolute atomic E-state index is 5.61. The number of rotatable bonds is 12. The van der Waals surface area contributed by atoms with E-state index >= 15 is 0 Å². The van der Waals surface area contributed by atoms with Gasteiger partial charge in [-0.3, -0.25) is 0 Å². The Morgan fingerprint density at radius 2 is 1.53 bits per heavy atom. The number of nitrogens with one attached hydrogen (secondary N) is 1. The molecular formula is C15H33NO. The first-order valence-electron chi connectivity index (χ1n) is 7.41. The van der Waals surface area contributed by atoms with Crippen LogP contribution >= 0.6 is 0 Å². The molecule has 0 bridgehead atoms. The van der Waals surface area contributed by atoms with E-state index in [1.165, 1.54) is 25.7 Å². The SMILES string of the molecule is CC(C)CCCCCOCCCNCC(C)C. The Bertz CT molecular complexity index is 130. The van der Waals surface area contributed by atoms with Crippen molar-refractivity contribution in [2.45, 2.75) is 59.8 Å². The summed E-state index contributed by atoms with van der Waals surface area (Å²) in [6.07, 6.45) is 6.41. The molecule has 0 aromatic rings. The minimum absolute atomic E-state index is 0.747. The Hall–Kier alpha value is -0.0800. The third kappa shape index (κ3) is 15.9. The van der Waals surface area contributed by atoms with E-state index in [-0.39, 0.29) is 0 Å². The van der Waals surface area contributed by atoms with Crippen LogP contribution in [0, 0.1) is 11.8 Å². The monoisotopic (exact) mass is 243 g/mol. The van der Waals surface area contributed by atoms with Crippen molar-refractivity contribution >= 4 is 0 Å². The van der Waals surface area contributed by atoms with E-state index in [1.54, 1.807) is 0 Å². The molecule has 0 saturated heterocycles. The van der Waals surface area contributed by atoms with Gasteiger partial charge in [-0.05, 0) is 37.8 Å². The summed E-state index contributed by atoms with van der Waals surface area (Å²) in [5.74, 6) is 1.60. The van der Waals surface area contributed by atoms with Crippen molar-refractivity contribution < 1.29 is 4.74 Å². The Balaban J connectivity index is 2.94. The van der Waals surface area contributed by atoms with Gasteiger partial charge in [0, 0.05) is 13.2 Å². The minimum atomic E-state index is 0.747. The van der Waals surface area contributed by atoms with Crippen molar-refractivity contribution in [3.05, 3.63) is 0 Å². The van der Waals surface area contributed by atoms with Gasteiger partial charge in [0.25, 0.3) is 0 Å². The molecule has 0 heterocycles. The molecular weight excluding hydrogens is 210 g/mol. The largest absolute Gasteiger partial charge is 0.381 e. The molecule has 0 fully saturated rings. The van der Waals surface area contributed by atoms with E-state index in [0.29, 0.717) is 0 Å². The molecule has 0 rings (SSSR count). The van der Waals surface area contributed by atoms with Crippen LogP contribution in [0.3, 0.4) is 0 Å². The van der Waals surface area contributed by atoms with Gasteiger partial charge < -0.3 is 10.1 Å². The van der Waals surface area contributed by atoms with Crippen molar-refractivity contribution in [3.8, 4) is 0 Å². The zero-order valence-electron chi connectivity index (χ0n) is 12.4. The van der Waals surface area contributed by atoms with E-state index in [1.807, 2.05) is 0 Å². The molecule has 0 aromatic carbocycles. The average molecular weight is 243 g/mol. The number of hydrogen-bond donors (Lipinski definition) is 1. The highest BCUT2D eigenvalue weighted by atomic mass is 16.5. The lowest BCUT2D eigenvalue weighted by atomic mass is 10.1. The number of unbranched alkanes of at least 4 members (excludes halogenated alkanes) is 2. The molecule has 0 aliphatic heterocycles. The lowest BCUT2D eigenvalue weighted by Gasteiger charge is -2.08. The Labute approximate surface area is 109 Å². The number of hydrogen-bond acceptors (Lipinski definition) is 2. The van der Waals surface area contributed by atoms with Crippen molar-refractivity contribution in [2.75, 3.05) is 26.3 Å². The van der Waals surface area contributed by atoms with Gasteiger partial charge in [0.1, 0.15) is 0 Å². The lowest BCUT2D eigenvalue weighted by molar-refractivity contribution is 0.127. The topological polar surface area (TPSA) is 21.3 Å². The van der Waals surface area contributed by atoms with Gasteiger partial charge in [0.15, 0.2) is 0 Å². The zero-order valence-corrected chi connectivity index (χ0v) is 12.4. The molecule has 17 heavy (non-hydrogen) atoms. The lowest BCUT2D eigenvalue weighted by Crippen LogP contribution is -2.21. The molecule has 2 nitrogen and oxygen atoms in total. The second-order valence-electron chi connectivity index (χ2n) is 5.81. The fraction of sp³-hybridized carbons (Fsp3) is 1.00. The van der Waals surface area contributed by atoms with Crippen molar-refractivity contribution in [1.29, 1.82) is 0 Å². The molecule has 2 heteroatoms. The van der Waals surface area contributed by atoms with Gasteiger partial charge in [0.2, 0.25) is 0 Å². The summed E-state index contributed by atoms with van der Waals surface area (Å²) in [4.78, 5) is 0. The average Bonchev–Trinajstić information content (AvgIpc) is 2.25. The molecule has 0 radical (unpaired) electrons. The summed E-state index contributed by atoms with van der Waals surface area (Å²) in [6, 6.07) is 0. The zero-order chi connectivity index (χ0) is 12.9. The van der Waals surface area contributed by atoms with Crippen LogP contribution in [0.15, 0.2) is 0 Å². The smallest absolute Gasteiger partial charge is 0.0478 e. The molecule has 0 aliphatic carbocycles. The summed E-state index contributed by atoms with van der Waals surface area (Å²) in [5.41, 5.74) is 0. The van der Waals surface area contributed by atoms with Crippen molar-refractivity contribution in [2.24, 2.45) is 11.8 Å². The Morgan fingerprint density at radius 1 is 0.824 bits per heavy atom. The van der Waals surface area contributed by atoms with Crippen LogP contribution in [-0.4, -0.2) is 26.3 Å². The van der Waals surface area contributed by atoms with Crippen LogP contribution in [0.2, 0.25) is 0 Å². The molecule has 0 unspecified atom stereocenters. The fourth-order valence-corrected chi connectivity index (χ4v) is 1.73. The van der Waals surface area contributed by atoms with Gasteiger partial charge in [-0.15, -0.1) is 0 Å². The van der Waals surface area contributed by atoms with E-state index < -0.39 is 0 Å². The number of ether oxygens (including phenoxy) is 1. The third-order valence-corrected chi connectivity index (χ3v) is 2.76. The second-order valence-corrected chi connectivity index (χ2v) is 5.81. The first kappa shape index (κ1) is 16.9. The normalized spacial score (nSPS) is 11.6. The molecule has 0 aromatic heterocycles. The summed E-state index contributed by atoms with van der Waals surface area (Å²) >= 11 is 0. The summed E-state index contributed by atoms with van der Waals surface area (Å²) in [5, 5.41) is 3.43. The third-order valence-electron chi connectivity index (χ3n) is 2.76. The van der Waals surface area contributed by atoms with Gasteiger partial charge in [-0.1, -0.05) is 47.0 Å². The molecule has 0 atom stereocenters. The Morgan fingerprint density at radius 3 is 2.18 bits per heavy atom. The molecule has 1 N–H and O–H groups in total. The first-order chi connectivity index (χ1) is 8.13. The molecule has 0 spiro atoms. The van der Waals surface area contributed by atoms with Crippen LogP contribution in [0.25, 0.3) is 0 Å². The highest BCUT2D eigenvalue weighted by molar-refractivity contribution is 4.51.